The third-order valence-electron chi connectivity index (χ3n) is 3.93. The fraction of sp³-hybridized carbons (Fsp3) is 0.467. The van der Waals surface area contributed by atoms with Gasteiger partial charge in [0.05, 0.1) is 6.04 Å². The molecule has 1 aliphatic rings. The molecule has 3 rings (SSSR count). The highest BCUT2D eigenvalue weighted by atomic mass is 15.4. The molecule has 19 heavy (non-hydrogen) atoms. The van der Waals surface area contributed by atoms with Crippen molar-refractivity contribution >= 4 is 0 Å². The lowest BCUT2D eigenvalue weighted by molar-refractivity contribution is 0.323. The normalized spacial score (nSPS) is 22.2. The summed E-state index contributed by atoms with van der Waals surface area (Å²) in [6.07, 6.45) is 2.95. The lowest BCUT2D eigenvalue weighted by atomic mass is 9.96. The number of hydrogen-bond donors (Lipinski definition) is 1. The number of aromatic nitrogens is 3. The summed E-state index contributed by atoms with van der Waals surface area (Å²) in [5, 5.41) is 4.58. The first-order valence-corrected chi connectivity index (χ1v) is 6.97. The van der Waals surface area contributed by atoms with E-state index in [1.807, 2.05) is 10.7 Å². The van der Waals surface area contributed by atoms with Gasteiger partial charge in [-0.25, -0.2) is 9.67 Å². The van der Waals surface area contributed by atoms with Gasteiger partial charge in [0.25, 0.3) is 0 Å². The fourth-order valence-electron chi connectivity index (χ4n) is 2.58. The molecule has 0 fully saturated rings. The molecule has 1 aliphatic heterocycles. The maximum atomic E-state index is 6.19. The van der Waals surface area contributed by atoms with Crippen LogP contribution in [0.2, 0.25) is 0 Å². The van der Waals surface area contributed by atoms with Gasteiger partial charge in [-0.1, -0.05) is 37.3 Å². The molecule has 0 spiro atoms. The van der Waals surface area contributed by atoms with Crippen molar-refractivity contribution < 1.29 is 0 Å². The minimum absolute atomic E-state index is 0.0340. The Labute approximate surface area is 113 Å². The molecule has 0 bridgehead atoms. The van der Waals surface area contributed by atoms with Crippen molar-refractivity contribution in [2.45, 2.75) is 38.8 Å². The highest BCUT2D eigenvalue weighted by Crippen LogP contribution is 2.26. The standard InChI is InChI=1S/C15H20N4/c1-11-9-10-19-15(14(11)16)17-13(18-19)8-7-12-5-3-2-4-6-12/h2-6,11,14H,7-10,16H2,1H3. The monoisotopic (exact) mass is 256 g/mol. The highest BCUT2D eigenvalue weighted by Gasteiger charge is 2.26. The second-order valence-electron chi connectivity index (χ2n) is 5.39. The average Bonchev–Trinajstić information content (AvgIpc) is 2.86. The van der Waals surface area contributed by atoms with Gasteiger partial charge in [0, 0.05) is 13.0 Å². The fourth-order valence-corrected chi connectivity index (χ4v) is 2.58. The van der Waals surface area contributed by atoms with E-state index in [4.69, 9.17) is 5.73 Å². The van der Waals surface area contributed by atoms with Crippen LogP contribution in [-0.4, -0.2) is 14.8 Å². The van der Waals surface area contributed by atoms with E-state index >= 15 is 0 Å². The van der Waals surface area contributed by atoms with Gasteiger partial charge in [0.2, 0.25) is 0 Å². The Morgan fingerprint density at radius 3 is 2.84 bits per heavy atom. The molecule has 1 aromatic heterocycles. The van der Waals surface area contributed by atoms with Crippen molar-refractivity contribution in [2.75, 3.05) is 0 Å². The topological polar surface area (TPSA) is 56.7 Å². The van der Waals surface area contributed by atoms with Gasteiger partial charge in [0.1, 0.15) is 5.82 Å². The van der Waals surface area contributed by atoms with Crippen LogP contribution in [0.25, 0.3) is 0 Å². The minimum Gasteiger partial charge on any atom is -0.321 e. The van der Waals surface area contributed by atoms with Crippen molar-refractivity contribution in [2.24, 2.45) is 11.7 Å². The predicted molar refractivity (Wildman–Crippen MR) is 74.6 cm³/mol. The van der Waals surface area contributed by atoms with E-state index in [0.29, 0.717) is 5.92 Å². The van der Waals surface area contributed by atoms with Crippen LogP contribution in [0, 0.1) is 5.92 Å². The zero-order chi connectivity index (χ0) is 13.2. The summed E-state index contributed by atoms with van der Waals surface area (Å²) in [6, 6.07) is 10.5. The predicted octanol–water partition coefficient (Wildman–Crippen LogP) is 2.10. The van der Waals surface area contributed by atoms with E-state index in [1.54, 1.807) is 0 Å². The third kappa shape index (κ3) is 2.54. The van der Waals surface area contributed by atoms with Crippen LogP contribution < -0.4 is 5.73 Å². The average molecular weight is 256 g/mol. The van der Waals surface area contributed by atoms with Crippen LogP contribution in [0.3, 0.4) is 0 Å². The summed E-state index contributed by atoms with van der Waals surface area (Å²) in [4.78, 5) is 4.62. The molecule has 100 valence electrons. The summed E-state index contributed by atoms with van der Waals surface area (Å²) in [7, 11) is 0. The minimum atomic E-state index is 0.0340. The van der Waals surface area contributed by atoms with Crippen molar-refractivity contribution in [3.63, 3.8) is 0 Å². The molecule has 0 saturated carbocycles. The van der Waals surface area contributed by atoms with Gasteiger partial charge < -0.3 is 5.73 Å². The van der Waals surface area contributed by atoms with Crippen molar-refractivity contribution in [1.29, 1.82) is 0 Å². The molecule has 0 radical (unpaired) electrons. The largest absolute Gasteiger partial charge is 0.321 e. The maximum Gasteiger partial charge on any atom is 0.151 e. The number of nitrogens with two attached hydrogens (primary N) is 1. The van der Waals surface area contributed by atoms with Gasteiger partial charge in [-0.2, -0.15) is 5.10 Å². The SMILES string of the molecule is CC1CCn2nc(CCc3ccccc3)nc2C1N. The highest BCUT2D eigenvalue weighted by molar-refractivity contribution is 5.15. The Morgan fingerprint density at radius 2 is 2.05 bits per heavy atom. The summed E-state index contributed by atoms with van der Waals surface area (Å²) < 4.78 is 1.99. The van der Waals surface area contributed by atoms with Crippen LogP contribution in [0.1, 0.15) is 36.6 Å². The molecule has 2 aromatic rings. The van der Waals surface area contributed by atoms with Crippen LogP contribution in [0.5, 0.6) is 0 Å². The molecular weight excluding hydrogens is 236 g/mol. The second-order valence-corrected chi connectivity index (χ2v) is 5.39. The lowest BCUT2D eigenvalue weighted by Gasteiger charge is -2.24. The van der Waals surface area contributed by atoms with Crippen molar-refractivity contribution in [1.82, 2.24) is 14.8 Å². The first kappa shape index (κ1) is 12.4. The number of fused-ring (bicyclic) bond motifs is 1. The first-order chi connectivity index (χ1) is 9.24. The molecule has 2 N–H and O–H groups in total. The second kappa shape index (κ2) is 5.13. The number of hydrogen-bond acceptors (Lipinski definition) is 3. The molecule has 0 aliphatic carbocycles. The van der Waals surface area contributed by atoms with E-state index < -0.39 is 0 Å². The Kier molecular flexibility index (Phi) is 3.34. The Balaban J connectivity index is 1.72. The number of aryl methyl sites for hydroxylation is 3. The Morgan fingerprint density at radius 1 is 1.26 bits per heavy atom. The van der Waals surface area contributed by atoms with E-state index in [0.717, 1.165) is 37.5 Å². The van der Waals surface area contributed by atoms with E-state index in [9.17, 15) is 0 Å². The van der Waals surface area contributed by atoms with Crippen molar-refractivity contribution in [3.05, 3.63) is 47.5 Å². The Bertz CT molecular complexity index is 547. The van der Waals surface area contributed by atoms with Gasteiger partial charge in [-0.15, -0.1) is 0 Å². The van der Waals surface area contributed by atoms with E-state index in [1.165, 1.54) is 5.56 Å². The number of nitrogens with zero attached hydrogens (tertiary/aromatic N) is 3. The summed E-state index contributed by atoms with van der Waals surface area (Å²) >= 11 is 0. The molecule has 2 heterocycles. The number of benzene rings is 1. The van der Waals surface area contributed by atoms with Crippen LogP contribution >= 0.6 is 0 Å². The van der Waals surface area contributed by atoms with Gasteiger partial charge in [0.15, 0.2) is 5.82 Å². The lowest BCUT2D eigenvalue weighted by Crippen LogP contribution is -2.29. The molecule has 1 aromatic carbocycles. The zero-order valence-electron chi connectivity index (χ0n) is 11.3. The molecule has 2 atom stereocenters. The summed E-state index contributed by atoms with van der Waals surface area (Å²) in [5.74, 6) is 2.38. The van der Waals surface area contributed by atoms with Gasteiger partial charge in [-0.05, 0) is 24.3 Å². The molecule has 4 heteroatoms. The third-order valence-corrected chi connectivity index (χ3v) is 3.93. The smallest absolute Gasteiger partial charge is 0.151 e. The summed E-state index contributed by atoms with van der Waals surface area (Å²) in [6.45, 7) is 3.13. The molecule has 4 nitrogen and oxygen atoms in total. The van der Waals surface area contributed by atoms with Gasteiger partial charge in [-0.3, -0.25) is 0 Å². The van der Waals surface area contributed by atoms with Crippen molar-refractivity contribution in [3.8, 4) is 0 Å². The van der Waals surface area contributed by atoms with Crippen LogP contribution in [0.4, 0.5) is 0 Å². The van der Waals surface area contributed by atoms with Gasteiger partial charge >= 0.3 is 0 Å². The van der Waals surface area contributed by atoms with E-state index in [2.05, 4.69) is 41.3 Å². The Hall–Kier alpha value is -1.68. The van der Waals surface area contributed by atoms with Crippen LogP contribution in [-0.2, 0) is 19.4 Å². The molecule has 2 unspecified atom stereocenters. The maximum absolute atomic E-state index is 6.19. The summed E-state index contributed by atoms with van der Waals surface area (Å²) in [5.41, 5.74) is 7.51. The quantitative estimate of drug-likeness (QED) is 0.915. The molecule has 0 saturated heterocycles. The molecule has 0 amide bonds. The van der Waals surface area contributed by atoms with Crippen LogP contribution in [0.15, 0.2) is 30.3 Å². The molecular formula is C15H20N4. The number of rotatable bonds is 3. The first-order valence-electron chi connectivity index (χ1n) is 6.97. The van der Waals surface area contributed by atoms with E-state index in [-0.39, 0.29) is 6.04 Å². The zero-order valence-corrected chi connectivity index (χ0v) is 11.3.